The summed E-state index contributed by atoms with van der Waals surface area (Å²) in [5, 5.41) is 2.73. The van der Waals surface area contributed by atoms with Gasteiger partial charge in [0.05, 0.1) is 11.3 Å². The third-order valence-electron chi connectivity index (χ3n) is 2.54. The van der Waals surface area contributed by atoms with Gasteiger partial charge in [0.15, 0.2) is 0 Å². The maximum Gasteiger partial charge on any atom is 0.256 e. The fourth-order valence-electron chi connectivity index (χ4n) is 1.63. The van der Waals surface area contributed by atoms with Gasteiger partial charge >= 0.3 is 0 Å². The van der Waals surface area contributed by atoms with Gasteiger partial charge in [0.1, 0.15) is 5.82 Å². The van der Waals surface area contributed by atoms with Crippen molar-refractivity contribution in [2.24, 2.45) is 0 Å². The van der Waals surface area contributed by atoms with E-state index in [9.17, 15) is 9.18 Å². The molecule has 0 aliphatic carbocycles. The summed E-state index contributed by atoms with van der Waals surface area (Å²) in [6.07, 6.45) is 5.23. The fraction of sp³-hybridized carbons (Fsp3) is 0.0625. The van der Waals surface area contributed by atoms with Crippen molar-refractivity contribution in [2.45, 2.75) is 4.90 Å². The van der Waals surface area contributed by atoms with Crippen LogP contribution in [0.3, 0.4) is 0 Å². The maximum atomic E-state index is 12.8. The Balaban J connectivity index is 2.16. The molecule has 2 aromatic rings. The molecule has 0 radical (unpaired) electrons. The van der Waals surface area contributed by atoms with E-state index in [4.69, 9.17) is 6.42 Å². The number of benzene rings is 2. The first-order valence-corrected chi connectivity index (χ1v) is 6.91. The fourth-order valence-corrected chi connectivity index (χ4v) is 2.36. The van der Waals surface area contributed by atoms with Gasteiger partial charge in [0.2, 0.25) is 0 Å². The van der Waals surface area contributed by atoms with Crippen LogP contribution in [0.25, 0.3) is 0 Å². The highest BCUT2D eigenvalue weighted by molar-refractivity contribution is 7.99. The molecule has 0 saturated heterocycles. The first kappa shape index (κ1) is 14.2. The number of terminal acetylenes is 1. The molecule has 0 fully saturated rings. The van der Waals surface area contributed by atoms with E-state index in [2.05, 4.69) is 11.2 Å². The average Bonchev–Trinajstić information content (AvgIpc) is 2.47. The van der Waals surface area contributed by atoms with Crippen LogP contribution >= 0.6 is 11.8 Å². The van der Waals surface area contributed by atoms with Gasteiger partial charge in [0, 0.05) is 10.6 Å². The van der Waals surface area contributed by atoms with Crippen LogP contribution < -0.4 is 5.32 Å². The summed E-state index contributed by atoms with van der Waals surface area (Å²) < 4.78 is 12.8. The lowest BCUT2D eigenvalue weighted by Crippen LogP contribution is -2.12. The Morgan fingerprint density at radius 3 is 2.60 bits per heavy atom. The summed E-state index contributed by atoms with van der Waals surface area (Å²) in [7, 11) is 0. The molecule has 2 rings (SSSR count). The van der Waals surface area contributed by atoms with Gasteiger partial charge in [-0.3, -0.25) is 4.79 Å². The van der Waals surface area contributed by atoms with Crippen molar-refractivity contribution in [3.8, 4) is 12.3 Å². The molecule has 0 aromatic heterocycles. The summed E-state index contributed by atoms with van der Waals surface area (Å²) in [6.45, 7) is 0. The minimum atomic E-state index is -0.340. The minimum Gasteiger partial charge on any atom is -0.322 e. The molecule has 1 N–H and O–H groups in total. The number of carbonyl (C=O) groups excluding carboxylic acids is 1. The molecule has 0 aliphatic rings. The molecular formula is C16H12FNOS. The smallest absolute Gasteiger partial charge is 0.256 e. The normalized spacial score (nSPS) is 9.80. The lowest BCUT2D eigenvalue weighted by molar-refractivity contribution is 0.102. The van der Waals surface area contributed by atoms with Gasteiger partial charge in [0.25, 0.3) is 5.91 Å². The average molecular weight is 285 g/mol. The lowest BCUT2D eigenvalue weighted by Gasteiger charge is -2.09. The molecule has 1 amide bonds. The van der Waals surface area contributed by atoms with Crippen molar-refractivity contribution in [2.75, 3.05) is 11.1 Å². The van der Waals surface area contributed by atoms with Crippen molar-refractivity contribution in [1.29, 1.82) is 0 Å². The number of amides is 1. The monoisotopic (exact) mass is 285 g/mol. The Bertz CT molecular complexity index is 646. The molecule has 100 valence electrons. The van der Waals surface area contributed by atoms with E-state index < -0.39 is 0 Å². The molecule has 0 bridgehead atoms. The summed E-state index contributed by atoms with van der Waals surface area (Å²) in [5.74, 6) is 2.45. The number of anilines is 1. The maximum absolute atomic E-state index is 12.8. The standard InChI is InChI=1S/C16H12FNOS/c1-2-11-20-15-6-4-3-5-14(15)16(19)18-13-9-7-12(17)8-10-13/h1,3-10H,11H2,(H,18,19). The Kier molecular flexibility index (Phi) is 4.80. The van der Waals surface area contributed by atoms with Crippen LogP contribution in [0.5, 0.6) is 0 Å². The zero-order chi connectivity index (χ0) is 14.4. The topological polar surface area (TPSA) is 29.1 Å². The third kappa shape index (κ3) is 3.62. The van der Waals surface area contributed by atoms with E-state index in [1.54, 1.807) is 12.1 Å². The van der Waals surface area contributed by atoms with Crippen LogP contribution in [0.15, 0.2) is 53.4 Å². The van der Waals surface area contributed by atoms with E-state index in [0.29, 0.717) is 17.0 Å². The van der Waals surface area contributed by atoms with Crippen LogP contribution in [0.4, 0.5) is 10.1 Å². The quantitative estimate of drug-likeness (QED) is 0.684. The molecular weight excluding hydrogens is 273 g/mol. The number of hydrogen-bond donors (Lipinski definition) is 1. The number of thioether (sulfide) groups is 1. The van der Waals surface area contributed by atoms with Crippen molar-refractivity contribution in [3.05, 3.63) is 59.9 Å². The van der Waals surface area contributed by atoms with Gasteiger partial charge in [-0.15, -0.1) is 18.2 Å². The predicted molar refractivity (Wildman–Crippen MR) is 80.4 cm³/mol. The van der Waals surface area contributed by atoms with Crippen LogP contribution in [-0.2, 0) is 0 Å². The van der Waals surface area contributed by atoms with E-state index >= 15 is 0 Å². The molecule has 4 heteroatoms. The highest BCUT2D eigenvalue weighted by Gasteiger charge is 2.11. The van der Waals surface area contributed by atoms with Crippen LogP contribution in [0, 0.1) is 18.2 Å². The molecule has 0 aliphatic heterocycles. The number of nitrogens with one attached hydrogen (secondary N) is 1. The second-order valence-electron chi connectivity index (χ2n) is 3.95. The van der Waals surface area contributed by atoms with Crippen molar-refractivity contribution in [1.82, 2.24) is 0 Å². The van der Waals surface area contributed by atoms with Crippen LogP contribution in [0.1, 0.15) is 10.4 Å². The minimum absolute atomic E-state index is 0.239. The van der Waals surface area contributed by atoms with Gasteiger partial charge in [-0.25, -0.2) is 4.39 Å². The highest BCUT2D eigenvalue weighted by Crippen LogP contribution is 2.23. The first-order valence-electron chi connectivity index (χ1n) is 5.93. The molecule has 0 unspecified atom stereocenters. The summed E-state index contributed by atoms with van der Waals surface area (Å²) in [5.41, 5.74) is 1.10. The number of hydrogen-bond acceptors (Lipinski definition) is 2. The van der Waals surface area contributed by atoms with Crippen LogP contribution in [0.2, 0.25) is 0 Å². The number of rotatable bonds is 4. The van der Waals surface area contributed by atoms with Gasteiger partial charge < -0.3 is 5.32 Å². The number of halogens is 1. The Labute approximate surface area is 121 Å². The molecule has 2 nitrogen and oxygen atoms in total. The molecule has 0 saturated carbocycles. The Hall–Kier alpha value is -2.25. The number of carbonyl (C=O) groups is 1. The van der Waals surface area contributed by atoms with Crippen molar-refractivity contribution < 1.29 is 9.18 Å². The molecule has 20 heavy (non-hydrogen) atoms. The summed E-state index contributed by atoms with van der Waals surface area (Å²) in [4.78, 5) is 13.0. The summed E-state index contributed by atoms with van der Waals surface area (Å²) in [6, 6.07) is 12.9. The molecule has 0 heterocycles. The van der Waals surface area contributed by atoms with E-state index in [-0.39, 0.29) is 11.7 Å². The van der Waals surface area contributed by atoms with E-state index in [0.717, 1.165) is 4.90 Å². The molecule has 0 spiro atoms. The van der Waals surface area contributed by atoms with Gasteiger partial charge in [-0.2, -0.15) is 0 Å². The zero-order valence-corrected chi connectivity index (χ0v) is 11.4. The van der Waals surface area contributed by atoms with Crippen LogP contribution in [-0.4, -0.2) is 11.7 Å². The van der Waals surface area contributed by atoms with Crippen molar-refractivity contribution in [3.63, 3.8) is 0 Å². The largest absolute Gasteiger partial charge is 0.322 e. The van der Waals surface area contributed by atoms with Gasteiger partial charge in [-0.05, 0) is 36.4 Å². The van der Waals surface area contributed by atoms with Gasteiger partial charge in [-0.1, -0.05) is 18.1 Å². The first-order chi connectivity index (χ1) is 9.70. The van der Waals surface area contributed by atoms with E-state index in [1.807, 2.05) is 12.1 Å². The third-order valence-corrected chi connectivity index (χ3v) is 3.52. The second kappa shape index (κ2) is 6.78. The SMILES string of the molecule is C#CCSc1ccccc1C(=O)Nc1ccc(F)cc1. The lowest BCUT2D eigenvalue weighted by atomic mass is 10.2. The Morgan fingerprint density at radius 1 is 1.20 bits per heavy atom. The Morgan fingerprint density at radius 2 is 1.90 bits per heavy atom. The second-order valence-corrected chi connectivity index (χ2v) is 4.97. The van der Waals surface area contributed by atoms with Crippen molar-refractivity contribution >= 4 is 23.4 Å². The molecule has 0 atom stereocenters. The highest BCUT2D eigenvalue weighted by atomic mass is 32.2. The predicted octanol–water partition coefficient (Wildman–Crippen LogP) is 3.80. The zero-order valence-electron chi connectivity index (χ0n) is 10.6. The summed E-state index contributed by atoms with van der Waals surface area (Å²) >= 11 is 1.43. The molecule has 2 aromatic carbocycles. The van der Waals surface area contributed by atoms with E-state index in [1.165, 1.54) is 36.0 Å².